The molecular formula is C13H13F3O4S. The highest BCUT2D eigenvalue weighted by atomic mass is 32.2. The minimum absolute atomic E-state index is 0.122. The van der Waals surface area contributed by atoms with E-state index in [1.807, 2.05) is 0 Å². The van der Waals surface area contributed by atoms with Crippen LogP contribution in [-0.4, -0.2) is 31.8 Å². The van der Waals surface area contributed by atoms with Gasteiger partial charge in [0, 0.05) is 17.4 Å². The molecule has 1 fully saturated rings. The molecule has 116 valence electrons. The predicted molar refractivity (Wildman–Crippen MR) is 67.0 cm³/mol. The highest BCUT2D eigenvalue weighted by Gasteiger charge is 2.59. The summed E-state index contributed by atoms with van der Waals surface area (Å²) in [7, 11) is -3.88. The van der Waals surface area contributed by atoms with Gasteiger partial charge in [-0.25, -0.2) is 12.8 Å². The van der Waals surface area contributed by atoms with Gasteiger partial charge >= 0.3 is 5.92 Å². The van der Waals surface area contributed by atoms with Gasteiger partial charge < -0.3 is 9.84 Å². The fourth-order valence-electron chi connectivity index (χ4n) is 2.45. The van der Waals surface area contributed by atoms with Gasteiger partial charge in [0.2, 0.25) is 0 Å². The van der Waals surface area contributed by atoms with Crippen LogP contribution in [0.1, 0.15) is 36.2 Å². The molecule has 2 atom stereocenters. The van der Waals surface area contributed by atoms with Crippen molar-refractivity contribution < 1.29 is 31.4 Å². The summed E-state index contributed by atoms with van der Waals surface area (Å²) in [5, 5.41) is 9.69. The maximum atomic E-state index is 14.1. The van der Waals surface area contributed by atoms with Crippen molar-refractivity contribution in [1.82, 2.24) is 0 Å². The first-order chi connectivity index (χ1) is 9.64. The number of aliphatic hydroxyl groups is 1. The van der Waals surface area contributed by atoms with Crippen LogP contribution < -0.4 is 4.74 Å². The number of fused-ring (bicyclic) bond motifs is 1. The molecule has 1 saturated carbocycles. The number of rotatable bonds is 3. The van der Waals surface area contributed by atoms with Gasteiger partial charge in [0.15, 0.2) is 16.0 Å². The van der Waals surface area contributed by atoms with E-state index in [9.17, 15) is 26.7 Å². The van der Waals surface area contributed by atoms with E-state index in [1.165, 1.54) is 6.07 Å². The molecular weight excluding hydrogens is 309 g/mol. The van der Waals surface area contributed by atoms with E-state index in [4.69, 9.17) is 4.74 Å². The average molecular weight is 322 g/mol. The zero-order valence-electron chi connectivity index (χ0n) is 11.0. The standard InChI is InChI=1S/C13H13F3O4S/c1-21(18,19)8-5-4-7(20-6-2-3-6)9-10(8)12(17)13(15,16)11(9)14/h4-6,11-12,17H,2-3H2,1H3/t11-,12+/m1/s1. The van der Waals surface area contributed by atoms with E-state index in [0.29, 0.717) is 0 Å². The van der Waals surface area contributed by atoms with Crippen molar-refractivity contribution in [3.8, 4) is 5.75 Å². The third-order valence-corrected chi connectivity index (χ3v) is 4.81. The van der Waals surface area contributed by atoms with Crippen LogP contribution in [0.4, 0.5) is 13.2 Å². The molecule has 0 aliphatic heterocycles. The fourth-order valence-corrected chi connectivity index (χ4v) is 3.39. The molecule has 0 spiro atoms. The van der Waals surface area contributed by atoms with Crippen LogP contribution in [-0.2, 0) is 9.84 Å². The number of hydrogen-bond acceptors (Lipinski definition) is 4. The van der Waals surface area contributed by atoms with Crippen LogP contribution in [0.3, 0.4) is 0 Å². The molecule has 0 radical (unpaired) electrons. The molecule has 8 heteroatoms. The summed E-state index contributed by atoms with van der Waals surface area (Å²) in [5.41, 5.74) is -1.14. The quantitative estimate of drug-likeness (QED) is 0.928. The van der Waals surface area contributed by atoms with Gasteiger partial charge in [0.1, 0.15) is 11.9 Å². The molecule has 21 heavy (non-hydrogen) atoms. The van der Waals surface area contributed by atoms with Crippen LogP contribution in [0, 0.1) is 0 Å². The summed E-state index contributed by atoms with van der Waals surface area (Å²) >= 11 is 0. The minimum atomic E-state index is -4.08. The van der Waals surface area contributed by atoms with Crippen LogP contribution in [0.25, 0.3) is 0 Å². The van der Waals surface area contributed by atoms with E-state index in [2.05, 4.69) is 0 Å². The van der Waals surface area contributed by atoms with Gasteiger partial charge in [-0.15, -0.1) is 0 Å². The van der Waals surface area contributed by atoms with Crippen LogP contribution >= 0.6 is 0 Å². The third kappa shape index (κ3) is 2.20. The fraction of sp³-hybridized carbons (Fsp3) is 0.538. The number of alkyl halides is 3. The molecule has 2 aliphatic rings. The first kappa shape index (κ1) is 14.6. The van der Waals surface area contributed by atoms with E-state index in [-0.39, 0.29) is 11.9 Å². The van der Waals surface area contributed by atoms with Gasteiger partial charge in [-0.3, -0.25) is 0 Å². The Hall–Kier alpha value is -1.28. The Labute approximate surface area is 119 Å². The Morgan fingerprint density at radius 2 is 1.90 bits per heavy atom. The summed E-state index contributed by atoms with van der Waals surface area (Å²) in [5.74, 6) is -4.20. The molecule has 0 saturated heterocycles. The first-order valence-electron chi connectivity index (χ1n) is 6.37. The Morgan fingerprint density at radius 1 is 1.29 bits per heavy atom. The largest absolute Gasteiger partial charge is 0.490 e. The Morgan fingerprint density at radius 3 is 2.43 bits per heavy atom. The zero-order chi connectivity index (χ0) is 15.6. The summed E-state index contributed by atoms with van der Waals surface area (Å²) in [4.78, 5) is -0.493. The molecule has 2 aliphatic carbocycles. The predicted octanol–water partition coefficient (Wildman–Crippen LogP) is 2.32. The van der Waals surface area contributed by atoms with E-state index in [0.717, 1.165) is 25.2 Å². The molecule has 1 aromatic carbocycles. The summed E-state index contributed by atoms with van der Waals surface area (Å²) in [6.45, 7) is 0. The maximum absolute atomic E-state index is 14.1. The molecule has 0 bridgehead atoms. The normalized spacial score (nSPS) is 27.5. The summed E-state index contributed by atoms with van der Waals surface area (Å²) in [6, 6.07) is 2.25. The maximum Gasteiger partial charge on any atom is 0.312 e. The highest BCUT2D eigenvalue weighted by molar-refractivity contribution is 7.90. The van der Waals surface area contributed by atoms with Gasteiger partial charge in [0.25, 0.3) is 0 Å². The van der Waals surface area contributed by atoms with Crippen LogP contribution in [0.5, 0.6) is 5.75 Å². The second-order valence-electron chi connectivity index (χ2n) is 5.42. The molecule has 3 rings (SSSR count). The molecule has 1 N–H and O–H groups in total. The Balaban J connectivity index is 2.23. The van der Waals surface area contributed by atoms with Gasteiger partial charge in [-0.1, -0.05) is 0 Å². The molecule has 0 unspecified atom stereocenters. The topological polar surface area (TPSA) is 63.6 Å². The van der Waals surface area contributed by atoms with Crippen molar-refractivity contribution in [2.24, 2.45) is 0 Å². The lowest BCUT2D eigenvalue weighted by Crippen LogP contribution is -2.24. The first-order valence-corrected chi connectivity index (χ1v) is 8.26. The van der Waals surface area contributed by atoms with Crippen LogP contribution in [0.15, 0.2) is 17.0 Å². The van der Waals surface area contributed by atoms with Crippen molar-refractivity contribution in [3.05, 3.63) is 23.3 Å². The number of ether oxygens (including phenoxy) is 1. The summed E-state index contributed by atoms with van der Waals surface area (Å²) < 4.78 is 70.3. The third-order valence-electron chi connectivity index (χ3n) is 3.65. The van der Waals surface area contributed by atoms with Crippen molar-refractivity contribution in [2.45, 2.75) is 42.0 Å². The van der Waals surface area contributed by atoms with Crippen LogP contribution in [0.2, 0.25) is 0 Å². The molecule has 0 aromatic heterocycles. The lowest BCUT2D eigenvalue weighted by atomic mass is 10.1. The SMILES string of the molecule is CS(=O)(=O)c1ccc(OC2CC2)c2c1[C@H](O)C(F)(F)[C@@H]2F. The number of halogens is 3. The van der Waals surface area contributed by atoms with Crippen molar-refractivity contribution >= 4 is 9.84 Å². The second-order valence-corrected chi connectivity index (χ2v) is 7.40. The monoisotopic (exact) mass is 322 g/mol. The Bertz CT molecular complexity index is 698. The van der Waals surface area contributed by atoms with Crippen molar-refractivity contribution in [2.75, 3.05) is 6.26 Å². The lowest BCUT2D eigenvalue weighted by molar-refractivity contribution is -0.144. The number of aliphatic hydroxyl groups excluding tert-OH is 1. The van der Waals surface area contributed by atoms with E-state index >= 15 is 0 Å². The number of benzene rings is 1. The second kappa shape index (κ2) is 4.36. The van der Waals surface area contributed by atoms with Gasteiger partial charge in [0.05, 0.1) is 11.0 Å². The zero-order valence-corrected chi connectivity index (χ0v) is 11.8. The minimum Gasteiger partial charge on any atom is -0.490 e. The lowest BCUT2D eigenvalue weighted by Gasteiger charge is -2.16. The van der Waals surface area contributed by atoms with E-state index in [1.54, 1.807) is 0 Å². The molecule has 4 nitrogen and oxygen atoms in total. The molecule has 0 amide bonds. The van der Waals surface area contributed by atoms with Crippen molar-refractivity contribution in [1.29, 1.82) is 0 Å². The smallest absolute Gasteiger partial charge is 0.312 e. The number of sulfone groups is 1. The highest BCUT2D eigenvalue weighted by Crippen LogP contribution is 2.57. The van der Waals surface area contributed by atoms with E-state index < -0.39 is 44.1 Å². The summed E-state index contributed by atoms with van der Waals surface area (Å²) in [6.07, 6.45) is -3.18. The average Bonchev–Trinajstić information content (AvgIpc) is 3.15. The molecule has 0 heterocycles. The molecule has 1 aromatic rings. The number of hydrogen-bond donors (Lipinski definition) is 1. The Kier molecular flexibility index (Phi) is 3.04. The van der Waals surface area contributed by atoms with Crippen molar-refractivity contribution in [3.63, 3.8) is 0 Å². The van der Waals surface area contributed by atoms with Gasteiger partial charge in [-0.05, 0) is 25.0 Å². The van der Waals surface area contributed by atoms with Gasteiger partial charge in [-0.2, -0.15) is 8.78 Å².